The second-order valence-corrected chi connectivity index (χ2v) is 10.4. The summed E-state index contributed by atoms with van der Waals surface area (Å²) < 4.78 is 0. The van der Waals surface area contributed by atoms with Gasteiger partial charge in [0.2, 0.25) is 0 Å². The molecule has 0 radical (unpaired) electrons. The maximum atomic E-state index is 11.4. The molecule has 7 unspecified atom stereocenters. The van der Waals surface area contributed by atoms with Gasteiger partial charge >= 0.3 is 0 Å². The summed E-state index contributed by atoms with van der Waals surface area (Å²) >= 11 is 0. The van der Waals surface area contributed by atoms with E-state index >= 15 is 0 Å². The van der Waals surface area contributed by atoms with E-state index in [0.717, 1.165) is 13.1 Å². The Morgan fingerprint density at radius 2 is 1.66 bits per heavy atom. The number of hydrogen-bond acceptors (Lipinski definition) is 3. The summed E-state index contributed by atoms with van der Waals surface area (Å²) in [6.07, 6.45) is 24.6. The molecular formula is C26H40N2O. The van der Waals surface area contributed by atoms with Crippen LogP contribution < -0.4 is 0 Å². The Hall–Kier alpha value is -0.900. The lowest BCUT2D eigenvalue weighted by atomic mass is 9.51. The van der Waals surface area contributed by atoms with Gasteiger partial charge in [-0.1, -0.05) is 36.0 Å². The van der Waals surface area contributed by atoms with Crippen LogP contribution in [0.5, 0.6) is 0 Å². The predicted molar refractivity (Wildman–Crippen MR) is 120 cm³/mol. The molecule has 160 valence electrons. The molecule has 6 rings (SSSR count). The molecule has 0 aromatic rings. The highest BCUT2D eigenvalue weighted by Gasteiger charge is 2.61. The summed E-state index contributed by atoms with van der Waals surface area (Å²) in [6, 6.07) is 0.558. The Labute approximate surface area is 177 Å². The van der Waals surface area contributed by atoms with Crippen LogP contribution in [-0.2, 0) is 0 Å². The highest BCUT2D eigenvalue weighted by Crippen LogP contribution is 2.57. The van der Waals surface area contributed by atoms with Gasteiger partial charge in [-0.2, -0.15) is 0 Å². The Kier molecular flexibility index (Phi) is 6.00. The summed E-state index contributed by atoms with van der Waals surface area (Å²) in [5.41, 5.74) is 1.96. The fraction of sp³-hybridized carbons (Fsp3) is 0.769. The fourth-order valence-corrected chi connectivity index (χ4v) is 7.58. The van der Waals surface area contributed by atoms with Gasteiger partial charge in [0, 0.05) is 37.0 Å². The minimum Gasteiger partial charge on any atom is -0.391 e. The summed E-state index contributed by atoms with van der Waals surface area (Å²) in [6.45, 7) is 5.67. The molecule has 5 heterocycles. The normalized spacial score (nSPS) is 45.5. The summed E-state index contributed by atoms with van der Waals surface area (Å²) in [5.74, 6) is 1.02. The topological polar surface area (TPSA) is 26.7 Å². The van der Waals surface area contributed by atoms with Gasteiger partial charge < -0.3 is 10.0 Å². The van der Waals surface area contributed by atoms with Crippen LogP contribution in [0.3, 0.4) is 0 Å². The van der Waals surface area contributed by atoms with E-state index in [4.69, 9.17) is 0 Å². The van der Waals surface area contributed by atoms with Crippen molar-refractivity contribution in [3.05, 3.63) is 36.0 Å². The number of allylic oxidation sites excluding steroid dienone is 4. The van der Waals surface area contributed by atoms with Crippen LogP contribution in [0, 0.1) is 17.3 Å². The number of hydrogen-bond donors (Lipinski definition) is 1. The number of piperidine rings is 2. The average molecular weight is 397 g/mol. The standard InChI is InChI=1S/C26H40N2O/c29-23-19-27-15-11-7-3-1-5-9-13-21-17-22-18-28-16-12-8-4-2-6-10-14-26(20-27,24(22)23)25(21)28/h1-2,4-5,17,22-25,29H,3,6-16,18-20H2. The Bertz CT molecular complexity index is 668. The predicted octanol–water partition coefficient (Wildman–Crippen LogP) is 4.55. The lowest BCUT2D eigenvalue weighted by Gasteiger charge is -2.65. The molecule has 29 heavy (non-hydrogen) atoms. The lowest BCUT2D eigenvalue weighted by Crippen LogP contribution is -2.72. The number of rotatable bonds is 0. The zero-order valence-electron chi connectivity index (χ0n) is 18.1. The van der Waals surface area contributed by atoms with E-state index in [9.17, 15) is 5.11 Å². The highest BCUT2D eigenvalue weighted by molar-refractivity contribution is 5.31. The molecule has 6 bridgehead atoms. The van der Waals surface area contributed by atoms with Crippen LogP contribution in [0.2, 0.25) is 0 Å². The number of nitrogens with zero attached hydrogens (tertiary/aromatic N) is 2. The molecule has 1 aliphatic carbocycles. The van der Waals surface area contributed by atoms with Crippen LogP contribution >= 0.6 is 0 Å². The molecule has 0 aromatic carbocycles. The van der Waals surface area contributed by atoms with Gasteiger partial charge in [0.1, 0.15) is 0 Å². The first-order valence-electron chi connectivity index (χ1n) is 12.4. The number of aliphatic hydroxyl groups is 1. The average Bonchev–Trinajstić information content (AvgIpc) is 2.73. The third-order valence-corrected chi connectivity index (χ3v) is 8.49. The van der Waals surface area contributed by atoms with Gasteiger partial charge in [-0.3, -0.25) is 4.90 Å². The number of fused-ring (bicyclic) bond motifs is 1. The molecule has 2 fully saturated rings. The van der Waals surface area contributed by atoms with Crippen molar-refractivity contribution in [1.29, 1.82) is 0 Å². The van der Waals surface area contributed by atoms with Crippen molar-refractivity contribution in [1.82, 2.24) is 9.80 Å². The quantitative estimate of drug-likeness (QED) is 0.609. The molecule has 2 saturated heterocycles. The zero-order valence-corrected chi connectivity index (χ0v) is 18.1. The third kappa shape index (κ3) is 3.79. The van der Waals surface area contributed by atoms with Crippen molar-refractivity contribution in [3.8, 4) is 0 Å². The highest BCUT2D eigenvalue weighted by atomic mass is 16.3. The van der Waals surface area contributed by atoms with Gasteiger partial charge in [0.05, 0.1) is 6.10 Å². The Balaban J connectivity index is 1.56. The van der Waals surface area contributed by atoms with Crippen LogP contribution in [0.1, 0.15) is 64.2 Å². The van der Waals surface area contributed by atoms with Gasteiger partial charge in [0.25, 0.3) is 0 Å². The maximum Gasteiger partial charge on any atom is 0.0707 e. The molecule has 0 aromatic heterocycles. The minimum absolute atomic E-state index is 0.153. The van der Waals surface area contributed by atoms with Gasteiger partial charge in [-0.05, 0) is 83.2 Å². The van der Waals surface area contributed by atoms with Gasteiger partial charge in [-0.25, -0.2) is 0 Å². The van der Waals surface area contributed by atoms with Crippen LogP contribution in [0.4, 0.5) is 0 Å². The maximum absolute atomic E-state index is 11.4. The van der Waals surface area contributed by atoms with Crippen LogP contribution in [-0.4, -0.2) is 59.8 Å². The van der Waals surface area contributed by atoms with Crippen LogP contribution in [0.15, 0.2) is 36.0 Å². The third-order valence-electron chi connectivity index (χ3n) is 8.49. The minimum atomic E-state index is -0.153. The molecule has 0 amide bonds. The molecule has 5 aliphatic heterocycles. The molecule has 0 saturated carbocycles. The summed E-state index contributed by atoms with van der Waals surface area (Å²) in [4.78, 5) is 5.50. The van der Waals surface area contributed by atoms with Crippen LogP contribution in [0.25, 0.3) is 0 Å². The second-order valence-electron chi connectivity index (χ2n) is 10.4. The van der Waals surface area contributed by atoms with E-state index in [1.54, 1.807) is 5.57 Å². The molecule has 3 nitrogen and oxygen atoms in total. The van der Waals surface area contributed by atoms with E-state index in [-0.39, 0.29) is 11.5 Å². The summed E-state index contributed by atoms with van der Waals surface area (Å²) in [5, 5.41) is 11.4. The summed E-state index contributed by atoms with van der Waals surface area (Å²) in [7, 11) is 0. The van der Waals surface area contributed by atoms with Gasteiger partial charge in [-0.15, -0.1) is 0 Å². The van der Waals surface area contributed by atoms with E-state index in [1.165, 1.54) is 83.8 Å². The van der Waals surface area contributed by atoms with E-state index in [2.05, 4.69) is 40.2 Å². The smallest absolute Gasteiger partial charge is 0.0707 e. The van der Waals surface area contributed by atoms with Crippen molar-refractivity contribution in [2.45, 2.75) is 76.4 Å². The second kappa shape index (κ2) is 8.69. The SMILES string of the molecule is OC1CN2CCCCC=CCCC3=CC4CN5CCCC=CCCCC(C2)(C14)C35. The van der Waals surface area contributed by atoms with E-state index in [0.29, 0.717) is 17.9 Å². The zero-order chi connectivity index (χ0) is 19.7. The monoisotopic (exact) mass is 396 g/mol. The first kappa shape index (κ1) is 20.0. The van der Waals surface area contributed by atoms with Crippen molar-refractivity contribution in [3.63, 3.8) is 0 Å². The van der Waals surface area contributed by atoms with Crippen molar-refractivity contribution in [2.75, 3.05) is 32.7 Å². The van der Waals surface area contributed by atoms with E-state index < -0.39 is 0 Å². The fourth-order valence-electron chi connectivity index (χ4n) is 7.58. The lowest BCUT2D eigenvalue weighted by molar-refractivity contribution is -0.160. The Morgan fingerprint density at radius 1 is 0.862 bits per heavy atom. The largest absolute Gasteiger partial charge is 0.391 e. The molecule has 6 aliphatic rings. The van der Waals surface area contributed by atoms with Crippen molar-refractivity contribution >= 4 is 0 Å². The van der Waals surface area contributed by atoms with Crippen molar-refractivity contribution in [2.24, 2.45) is 17.3 Å². The molecule has 7 atom stereocenters. The van der Waals surface area contributed by atoms with Gasteiger partial charge in [0.15, 0.2) is 0 Å². The molecule has 3 heteroatoms. The molecule has 1 spiro atoms. The first-order valence-corrected chi connectivity index (χ1v) is 12.4. The molecule has 1 N–H and O–H groups in total. The van der Waals surface area contributed by atoms with E-state index in [1.807, 2.05) is 0 Å². The first-order chi connectivity index (χ1) is 14.3. The Morgan fingerprint density at radius 3 is 2.55 bits per heavy atom. The van der Waals surface area contributed by atoms with Crippen molar-refractivity contribution < 1.29 is 5.11 Å². The molecular weight excluding hydrogens is 356 g/mol. The number of aliphatic hydroxyl groups excluding tert-OH is 1.